The van der Waals surface area contributed by atoms with E-state index < -0.39 is 0 Å². The first kappa shape index (κ1) is 17.2. The Labute approximate surface area is 150 Å². The van der Waals surface area contributed by atoms with E-state index in [1.165, 1.54) is 13.1 Å². The fourth-order valence-corrected chi connectivity index (χ4v) is 2.27. The number of nitrogens with zero attached hydrogens (tertiary/aromatic N) is 3. The Morgan fingerprint density at radius 3 is 2.46 bits per heavy atom. The fraction of sp³-hybridized carbons (Fsp3) is 0.111. The zero-order valence-electron chi connectivity index (χ0n) is 14.4. The van der Waals surface area contributed by atoms with E-state index in [2.05, 4.69) is 31.1 Å². The van der Waals surface area contributed by atoms with Crippen LogP contribution in [0.15, 0.2) is 54.7 Å². The third-order valence-electron chi connectivity index (χ3n) is 3.39. The van der Waals surface area contributed by atoms with Gasteiger partial charge >= 0.3 is 0 Å². The number of carbonyl (C=O) groups is 1. The predicted molar refractivity (Wildman–Crippen MR) is 100 cm³/mol. The van der Waals surface area contributed by atoms with Crippen LogP contribution in [0.4, 0.5) is 28.8 Å². The van der Waals surface area contributed by atoms with Crippen LogP contribution in [0.1, 0.15) is 6.92 Å². The maximum atomic E-state index is 11.1. The summed E-state index contributed by atoms with van der Waals surface area (Å²) in [6, 6.07) is 14.7. The molecule has 0 bridgehead atoms. The normalized spacial score (nSPS) is 10.1. The third-order valence-corrected chi connectivity index (χ3v) is 3.39. The van der Waals surface area contributed by atoms with Gasteiger partial charge in [-0.2, -0.15) is 10.1 Å². The van der Waals surface area contributed by atoms with Crippen LogP contribution in [-0.4, -0.2) is 28.2 Å². The number of hydrogen-bond donors (Lipinski definition) is 3. The van der Waals surface area contributed by atoms with Gasteiger partial charge in [0, 0.05) is 18.3 Å². The molecule has 3 N–H and O–H groups in total. The average molecular weight is 350 g/mol. The molecule has 26 heavy (non-hydrogen) atoms. The van der Waals surface area contributed by atoms with Crippen molar-refractivity contribution in [3.63, 3.8) is 0 Å². The quantitative estimate of drug-likeness (QED) is 0.627. The summed E-state index contributed by atoms with van der Waals surface area (Å²) in [6.07, 6.45) is 1.52. The summed E-state index contributed by atoms with van der Waals surface area (Å²) in [4.78, 5) is 15.4. The van der Waals surface area contributed by atoms with Crippen LogP contribution in [0, 0.1) is 0 Å². The van der Waals surface area contributed by atoms with Crippen molar-refractivity contribution in [3.8, 4) is 5.75 Å². The Bertz CT molecular complexity index is 898. The highest BCUT2D eigenvalue weighted by Crippen LogP contribution is 2.26. The summed E-state index contributed by atoms with van der Waals surface area (Å²) < 4.78 is 5.30. The monoisotopic (exact) mass is 350 g/mol. The van der Waals surface area contributed by atoms with Gasteiger partial charge in [-0.1, -0.05) is 12.1 Å². The maximum absolute atomic E-state index is 11.1. The lowest BCUT2D eigenvalue weighted by atomic mass is 10.3. The Kier molecular flexibility index (Phi) is 5.23. The molecule has 132 valence electrons. The maximum Gasteiger partial charge on any atom is 0.249 e. The van der Waals surface area contributed by atoms with E-state index in [1.54, 1.807) is 19.2 Å². The van der Waals surface area contributed by atoms with E-state index in [1.807, 2.05) is 36.4 Å². The average Bonchev–Trinajstić information content (AvgIpc) is 2.64. The zero-order valence-corrected chi connectivity index (χ0v) is 14.4. The van der Waals surface area contributed by atoms with Gasteiger partial charge in [0.05, 0.1) is 19.0 Å². The van der Waals surface area contributed by atoms with Gasteiger partial charge in [0.15, 0.2) is 5.82 Å². The Balaban J connectivity index is 1.72. The number of hydrogen-bond acceptors (Lipinski definition) is 7. The smallest absolute Gasteiger partial charge is 0.249 e. The standard InChI is InChI=1S/C18H18N6O2/c1-12(25)20-13-7-9-14(10-8-13)21-17-11-19-24-18(23-17)22-15-5-3-4-6-16(15)26-2/h3-11H,1-2H3,(H,20,25)(H2,21,22,23,24). The number of anilines is 5. The van der Waals surface area contributed by atoms with E-state index in [9.17, 15) is 4.79 Å². The number of rotatable bonds is 6. The number of nitrogens with one attached hydrogen (secondary N) is 3. The second-order valence-electron chi connectivity index (χ2n) is 5.37. The molecule has 0 saturated heterocycles. The molecule has 0 unspecified atom stereocenters. The Morgan fingerprint density at radius 1 is 1.00 bits per heavy atom. The van der Waals surface area contributed by atoms with Crippen molar-refractivity contribution < 1.29 is 9.53 Å². The largest absolute Gasteiger partial charge is 0.495 e. The molecule has 0 spiro atoms. The number of aromatic nitrogens is 3. The third kappa shape index (κ3) is 4.44. The van der Waals surface area contributed by atoms with Crippen LogP contribution in [-0.2, 0) is 4.79 Å². The molecular weight excluding hydrogens is 332 g/mol. The summed E-state index contributed by atoms with van der Waals surface area (Å²) in [7, 11) is 1.60. The summed E-state index contributed by atoms with van der Waals surface area (Å²) in [5, 5.41) is 16.9. The zero-order chi connectivity index (χ0) is 18.4. The molecular formula is C18H18N6O2. The van der Waals surface area contributed by atoms with Crippen LogP contribution in [0.2, 0.25) is 0 Å². The van der Waals surface area contributed by atoms with Crippen LogP contribution in [0.25, 0.3) is 0 Å². The van der Waals surface area contributed by atoms with Gasteiger partial charge in [-0.25, -0.2) is 0 Å². The number of ether oxygens (including phenoxy) is 1. The predicted octanol–water partition coefficient (Wildman–Crippen LogP) is 3.33. The van der Waals surface area contributed by atoms with Gasteiger partial charge in [0.25, 0.3) is 0 Å². The number of methoxy groups -OCH3 is 1. The number of benzene rings is 2. The number of amides is 1. The minimum atomic E-state index is -0.113. The second kappa shape index (κ2) is 7.93. The topological polar surface area (TPSA) is 101 Å². The molecule has 8 heteroatoms. The molecule has 0 aliphatic rings. The highest BCUT2D eigenvalue weighted by atomic mass is 16.5. The van der Waals surface area contributed by atoms with E-state index in [-0.39, 0.29) is 5.91 Å². The van der Waals surface area contributed by atoms with E-state index in [4.69, 9.17) is 4.74 Å². The van der Waals surface area contributed by atoms with Crippen molar-refractivity contribution in [1.82, 2.24) is 15.2 Å². The van der Waals surface area contributed by atoms with Crippen LogP contribution in [0.3, 0.4) is 0 Å². The molecule has 0 fully saturated rings. The van der Waals surface area contributed by atoms with Gasteiger partial charge in [-0.05, 0) is 36.4 Å². The first-order chi connectivity index (χ1) is 12.6. The highest BCUT2D eigenvalue weighted by molar-refractivity contribution is 5.88. The second-order valence-corrected chi connectivity index (χ2v) is 5.37. The Hall–Kier alpha value is -3.68. The van der Waals surface area contributed by atoms with Gasteiger partial charge in [-0.3, -0.25) is 4.79 Å². The van der Waals surface area contributed by atoms with E-state index in [0.29, 0.717) is 17.5 Å². The molecule has 2 aromatic carbocycles. The van der Waals surface area contributed by atoms with Gasteiger partial charge in [0.2, 0.25) is 11.9 Å². The lowest BCUT2D eigenvalue weighted by Gasteiger charge is -2.10. The molecule has 0 saturated carbocycles. The van der Waals surface area contributed by atoms with Crippen molar-refractivity contribution in [2.24, 2.45) is 0 Å². The first-order valence-electron chi connectivity index (χ1n) is 7.88. The van der Waals surface area contributed by atoms with Crippen molar-refractivity contribution >= 4 is 34.7 Å². The summed E-state index contributed by atoms with van der Waals surface area (Å²) >= 11 is 0. The van der Waals surface area contributed by atoms with Crippen molar-refractivity contribution in [2.45, 2.75) is 6.92 Å². The molecule has 0 radical (unpaired) electrons. The lowest BCUT2D eigenvalue weighted by Crippen LogP contribution is -2.05. The Morgan fingerprint density at radius 2 is 1.73 bits per heavy atom. The number of para-hydroxylation sites is 2. The van der Waals surface area contributed by atoms with Gasteiger partial charge < -0.3 is 20.7 Å². The first-order valence-corrected chi connectivity index (χ1v) is 7.88. The molecule has 0 aliphatic carbocycles. The minimum Gasteiger partial charge on any atom is -0.495 e. The molecule has 1 aromatic heterocycles. The van der Waals surface area contributed by atoms with Crippen molar-refractivity contribution in [3.05, 3.63) is 54.7 Å². The van der Waals surface area contributed by atoms with Gasteiger partial charge in [0.1, 0.15) is 5.75 Å². The molecule has 3 rings (SSSR count). The SMILES string of the molecule is COc1ccccc1Nc1nncc(Nc2ccc(NC(C)=O)cc2)n1. The fourth-order valence-electron chi connectivity index (χ4n) is 2.27. The summed E-state index contributed by atoms with van der Waals surface area (Å²) in [5.41, 5.74) is 2.28. The molecule has 0 aliphatic heterocycles. The van der Waals surface area contributed by atoms with E-state index >= 15 is 0 Å². The summed E-state index contributed by atoms with van der Waals surface area (Å²) in [6.45, 7) is 1.47. The number of carbonyl (C=O) groups excluding carboxylic acids is 1. The molecule has 1 heterocycles. The molecule has 3 aromatic rings. The van der Waals surface area contributed by atoms with E-state index in [0.717, 1.165) is 17.1 Å². The van der Waals surface area contributed by atoms with Crippen molar-refractivity contribution in [2.75, 3.05) is 23.1 Å². The van der Waals surface area contributed by atoms with Gasteiger partial charge in [-0.15, -0.1) is 5.10 Å². The van der Waals surface area contributed by atoms with Crippen molar-refractivity contribution in [1.29, 1.82) is 0 Å². The molecule has 1 amide bonds. The molecule has 0 atom stereocenters. The van der Waals surface area contributed by atoms with Crippen LogP contribution < -0.4 is 20.7 Å². The minimum absolute atomic E-state index is 0.113. The van der Waals surface area contributed by atoms with Crippen LogP contribution in [0.5, 0.6) is 5.75 Å². The summed E-state index contributed by atoms with van der Waals surface area (Å²) in [5.74, 6) is 1.44. The molecule has 8 nitrogen and oxygen atoms in total. The highest BCUT2D eigenvalue weighted by Gasteiger charge is 2.06. The lowest BCUT2D eigenvalue weighted by molar-refractivity contribution is -0.114. The van der Waals surface area contributed by atoms with Crippen LogP contribution >= 0.6 is 0 Å².